The molecule has 8 heteroatoms. The molecule has 0 bridgehead atoms. The van der Waals surface area contributed by atoms with E-state index in [1.807, 2.05) is 0 Å². The number of nitrogens with zero attached hydrogens (tertiary/aromatic N) is 2. The Kier molecular flexibility index (Phi) is 7.09. The van der Waals surface area contributed by atoms with E-state index in [0.717, 1.165) is 5.69 Å². The predicted octanol–water partition coefficient (Wildman–Crippen LogP) is 3.37. The minimum absolute atomic E-state index is 0.00309. The Morgan fingerprint density at radius 3 is 2.10 bits per heavy atom. The second-order valence-corrected chi connectivity index (χ2v) is 8.13. The summed E-state index contributed by atoms with van der Waals surface area (Å²) >= 11 is 1.27. The maximum Gasteiger partial charge on any atom is 0.235 e. The van der Waals surface area contributed by atoms with Crippen molar-refractivity contribution in [2.24, 2.45) is 0 Å². The van der Waals surface area contributed by atoms with Gasteiger partial charge >= 0.3 is 0 Å². The fourth-order valence-electron chi connectivity index (χ4n) is 3.10. The van der Waals surface area contributed by atoms with Gasteiger partial charge in [0.2, 0.25) is 11.8 Å². The van der Waals surface area contributed by atoms with Crippen LogP contribution >= 0.6 is 11.8 Å². The molecule has 0 unspecified atom stereocenters. The highest BCUT2D eigenvalue weighted by molar-refractivity contribution is 8.01. The molecule has 3 rings (SSSR count). The zero-order chi connectivity index (χ0) is 20.8. The first-order valence-corrected chi connectivity index (χ1v) is 10.4. The first-order valence-electron chi connectivity index (χ1n) is 9.39. The molecule has 0 spiro atoms. The number of hydrogen-bond acceptors (Lipinski definition) is 4. The van der Waals surface area contributed by atoms with Crippen LogP contribution in [0.25, 0.3) is 0 Å². The average Bonchev–Trinajstić information content (AvgIpc) is 2.74. The topological polar surface area (TPSA) is 52.7 Å². The molecular weight excluding hydrogens is 396 g/mol. The molecule has 2 aromatic rings. The van der Waals surface area contributed by atoms with Crippen LogP contribution in [0, 0.1) is 11.6 Å². The minimum atomic E-state index is -0.365. The highest BCUT2D eigenvalue weighted by atomic mass is 32.2. The summed E-state index contributed by atoms with van der Waals surface area (Å²) in [5.74, 6) is -0.724. The number of piperazine rings is 1. The zero-order valence-electron chi connectivity index (χ0n) is 16.1. The van der Waals surface area contributed by atoms with Gasteiger partial charge in [-0.15, -0.1) is 11.8 Å². The van der Waals surface area contributed by atoms with Crippen molar-refractivity contribution in [1.82, 2.24) is 4.90 Å². The van der Waals surface area contributed by atoms with E-state index in [1.165, 1.54) is 48.2 Å². The Morgan fingerprint density at radius 1 is 0.966 bits per heavy atom. The molecule has 154 valence electrons. The smallest absolute Gasteiger partial charge is 0.235 e. The molecule has 1 saturated heterocycles. The summed E-state index contributed by atoms with van der Waals surface area (Å²) in [4.78, 5) is 28.6. The summed E-state index contributed by atoms with van der Waals surface area (Å²) in [6.07, 6.45) is 0. The zero-order valence-corrected chi connectivity index (χ0v) is 16.9. The van der Waals surface area contributed by atoms with E-state index in [1.54, 1.807) is 24.0 Å². The molecule has 0 saturated carbocycles. The van der Waals surface area contributed by atoms with Gasteiger partial charge in [-0.25, -0.2) is 8.78 Å². The number of carbonyl (C=O) groups is 2. The number of thioether (sulfide) groups is 1. The molecule has 1 heterocycles. The third kappa shape index (κ3) is 5.93. The van der Waals surface area contributed by atoms with Crippen LogP contribution < -0.4 is 10.2 Å². The largest absolute Gasteiger partial charge is 0.368 e. The van der Waals surface area contributed by atoms with Crippen molar-refractivity contribution < 1.29 is 18.4 Å². The highest BCUT2D eigenvalue weighted by Crippen LogP contribution is 2.20. The highest BCUT2D eigenvalue weighted by Gasteiger charge is 2.25. The minimum Gasteiger partial charge on any atom is -0.368 e. The molecule has 1 aliphatic rings. The van der Waals surface area contributed by atoms with Gasteiger partial charge in [0.25, 0.3) is 0 Å². The SMILES string of the molecule is C[C@H](SCC(=O)Nc1ccc(F)cc1)C(=O)N1CCN(c2ccc(F)cc2)CC1. The molecule has 5 nitrogen and oxygen atoms in total. The van der Waals surface area contributed by atoms with Crippen LogP contribution in [0.5, 0.6) is 0 Å². The Morgan fingerprint density at radius 2 is 1.52 bits per heavy atom. The van der Waals surface area contributed by atoms with Crippen molar-refractivity contribution in [3.63, 3.8) is 0 Å². The molecule has 0 radical (unpaired) electrons. The van der Waals surface area contributed by atoms with E-state index in [0.29, 0.717) is 31.9 Å². The first kappa shape index (κ1) is 21.1. The molecular formula is C21H23F2N3O2S. The molecule has 29 heavy (non-hydrogen) atoms. The van der Waals surface area contributed by atoms with Crippen molar-refractivity contribution in [3.8, 4) is 0 Å². The molecule has 0 aliphatic carbocycles. The van der Waals surface area contributed by atoms with Gasteiger partial charge in [0.05, 0.1) is 11.0 Å². The van der Waals surface area contributed by atoms with Crippen LogP contribution in [0.3, 0.4) is 0 Å². The van der Waals surface area contributed by atoms with E-state index >= 15 is 0 Å². The number of nitrogens with one attached hydrogen (secondary N) is 1. The van der Waals surface area contributed by atoms with Crippen LogP contribution in [0.4, 0.5) is 20.2 Å². The lowest BCUT2D eigenvalue weighted by Crippen LogP contribution is -2.50. The number of hydrogen-bond donors (Lipinski definition) is 1. The maximum atomic E-state index is 13.1. The van der Waals surface area contributed by atoms with E-state index in [2.05, 4.69) is 10.2 Å². The fourth-order valence-corrected chi connectivity index (χ4v) is 3.86. The summed E-state index contributed by atoms with van der Waals surface area (Å²) in [5.41, 5.74) is 1.46. The summed E-state index contributed by atoms with van der Waals surface area (Å²) < 4.78 is 26.0. The Balaban J connectivity index is 1.42. The van der Waals surface area contributed by atoms with Crippen LogP contribution in [0.15, 0.2) is 48.5 Å². The van der Waals surface area contributed by atoms with Crippen molar-refractivity contribution in [2.45, 2.75) is 12.2 Å². The van der Waals surface area contributed by atoms with Gasteiger partial charge in [0.1, 0.15) is 11.6 Å². The van der Waals surface area contributed by atoms with Crippen LogP contribution in [-0.4, -0.2) is 53.9 Å². The number of rotatable bonds is 6. The fraction of sp³-hybridized carbons (Fsp3) is 0.333. The number of amides is 2. The second kappa shape index (κ2) is 9.73. The number of benzene rings is 2. The summed E-state index contributed by atoms with van der Waals surface area (Å²) in [5, 5.41) is 2.34. The van der Waals surface area contributed by atoms with E-state index < -0.39 is 0 Å². The van der Waals surface area contributed by atoms with E-state index in [-0.39, 0.29) is 34.5 Å². The molecule has 1 atom stereocenters. The number of halogens is 2. The standard InChI is InChI=1S/C21H23F2N3O2S/c1-15(29-14-20(27)24-18-6-2-16(22)3-7-18)21(28)26-12-10-25(11-13-26)19-8-4-17(23)5-9-19/h2-9,15H,10-14H2,1H3,(H,24,27)/t15-/m0/s1. The van der Waals surface area contributed by atoms with Gasteiger partial charge in [-0.2, -0.15) is 0 Å². The molecule has 1 fully saturated rings. The molecule has 0 aromatic heterocycles. The Labute approximate surface area is 173 Å². The van der Waals surface area contributed by atoms with Crippen molar-refractivity contribution in [3.05, 3.63) is 60.2 Å². The first-order chi connectivity index (χ1) is 13.9. The average molecular weight is 419 g/mol. The van der Waals surface area contributed by atoms with Gasteiger partial charge < -0.3 is 15.1 Å². The quantitative estimate of drug-likeness (QED) is 0.780. The van der Waals surface area contributed by atoms with Crippen LogP contribution in [0.1, 0.15) is 6.92 Å². The Bertz CT molecular complexity index is 838. The Hall–Kier alpha value is -2.61. The summed E-state index contributed by atoms with van der Waals surface area (Å²) in [6.45, 7) is 4.33. The normalized spacial score (nSPS) is 15.1. The van der Waals surface area contributed by atoms with Crippen LogP contribution in [0.2, 0.25) is 0 Å². The molecule has 2 amide bonds. The molecule has 1 aliphatic heterocycles. The summed E-state index contributed by atoms with van der Waals surface area (Å²) in [7, 11) is 0. The van der Waals surface area contributed by atoms with Crippen molar-refractivity contribution in [1.29, 1.82) is 0 Å². The molecule has 1 N–H and O–H groups in total. The monoisotopic (exact) mass is 419 g/mol. The van der Waals surface area contributed by atoms with E-state index in [9.17, 15) is 18.4 Å². The molecule has 2 aromatic carbocycles. The maximum absolute atomic E-state index is 13.1. The lowest BCUT2D eigenvalue weighted by atomic mass is 10.2. The third-order valence-electron chi connectivity index (χ3n) is 4.72. The van der Waals surface area contributed by atoms with Crippen molar-refractivity contribution >= 4 is 35.0 Å². The van der Waals surface area contributed by atoms with Crippen molar-refractivity contribution in [2.75, 3.05) is 42.1 Å². The van der Waals surface area contributed by atoms with Gasteiger partial charge in [-0.3, -0.25) is 9.59 Å². The van der Waals surface area contributed by atoms with Gasteiger partial charge in [0, 0.05) is 37.6 Å². The van der Waals surface area contributed by atoms with Gasteiger partial charge in [-0.05, 0) is 55.5 Å². The van der Waals surface area contributed by atoms with Gasteiger partial charge in [0.15, 0.2) is 0 Å². The second-order valence-electron chi connectivity index (χ2n) is 6.80. The lowest BCUT2D eigenvalue weighted by Gasteiger charge is -2.37. The summed E-state index contributed by atoms with van der Waals surface area (Å²) in [6, 6.07) is 11.9. The third-order valence-corrected chi connectivity index (χ3v) is 5.85. The lowest BCUT2D eigenvalue weighted by molar-refractivity contribution is -0.130. The predicted molar refractivity (Wildman–Crippen MR) is 112 cm³/mol. The van der Waals surface area contributed by atoms with E-state index in [4.69, 9.17) is 0 Å². The number of carbonyl (C=O) groups excluding carboxylic acids is 2. The van der Waals surface area contributed by atoms with Gasteiger partial charge in [-0.1, -0.05) is 0 Å². The van der Waals surface area contributed by atoms with Crippen LogP contribution in [-0.2, 0) is 9.59 Å². The number of anilines is 2.